The van der Waals surface area contributed by atoms with Gasteiger partial charge in [0.1, 0.15) is 5.01 Å². The van der Waals surface area contributed by atoms with E-state index in [4.69, 9.17) is 5.73 Å². The van der Waals surface area contributed by atoms with E-state index in [9.17, 15) is 0 Å². The molecule has 2 aromatic rings. The summed E-state index contributed by atoms with van der Waals surface area (Å²) in [4.78, 5) is 0.868. The van der Waals surface area contributed by atoms with Crippen molar-refractivity contribution in [1.82, 2.24) is 19.8 Å². The van der Waals surface area contributed by atoms with Gasteiger partial charge in [0.15, 0.2) is 5.82 Å². The summed E-state index contributed by atoms with van der Waals surface area (Å²) in [6, 6.07) is 0.200. The zero-order chi connectivity index (χ0) is 12.4. The number of nitrogens with two attached hydrogens (primary N) is 1. The number of rotatable bonds is 5. The third-order valence-electron chi connectivity index (χ3n) is 2.67. The van der Waals surface area contributed by atoms with Crippen molar-refractivity contribution < 1.29 is 0 Å². The monoisotopic (exact) mass is 253 g/mol. The molecule has 17 heavy (non-hydrogen) atoms. The van der Waals surface area contributed by atoms with Crippen LogP contribution in [0.4, 0.5) is 0 Å². The minimum Gasteiger partial charge on any atom is -0.327 e. The summed E-state index contributed by atoms with van der Waals surface area (Å²) in [5.74, 6) is 1.26. The Bertz CT molecular complexity index is 487. The Balaban J connectivity index is 2.20. The third-order valence-corrected chi connectivity index (χ3v) is 3.59. The molecule has 0 bridgehead atoms. The molecule has 0 amide bonds. The Morgan fingerprint density at radius 1 is 1.35 bits per heavy atom. The summed E-state index contributed by atoms with van der Waals surface area (Å²) in [6.45, 7) is 6.34. The van der Waals surface area contributed by atoms with Crippen LogP contribution in [0.15, 0.2) is 0 Å². The quantitative estimate of drug-likeness (QED) is 0.884. The molecule has 2 heterocycles. The van der Waals surface area contributed by atoms with Gasteiger partial charge in [-0.2, -0.15) is 9.61 Å². The molecule has 0 aromatic carbocycles. The summed E-state index contributed by atoms with van der Waals surface area (Å²) in [5, 5.41) is 13.9. The highest BCUT2D eigenvalue weighted by Gasteiger charge is 2.15. The van der Waals surface area contributed by atoms with Crippen molar-refractivity contribution in [2.24, 2.45) is 5.73 Å². The molecule has 2 N–H and O–H groups in total. The second kappa shape index (κ2) is 5.10. The highest BCUT2D eigenvalue weighted by atomic mass is 32.1. The topological polar surface area (TPSA) is 69.1 Å². The number of fused-ring (bicyclic) bond motifs is 1. The number of hydrogen-bond donors (Lipinski definition) is 1. The van der Waals surface area contributed by atoms with Crippen molar-refractivity contribution in [3.63, 3.8) is 0 Å². The van der Waals surface area contributed by atoms with Crippen molar-refractivity contribution in [1.29, 1.82) is 0 Å². The summed E-state index contributed by atoms with van der Waals surface area (Å²) >= 11 is 1.59. The molecule has 0 aliphatic carbocycles. The second-order valence-electron chi connectivity index (χ2n) is 4.66. The van der Waals surface area contributed by atoms with Crippen molar-refractivity contribution in [2.45, 2.75) is 52.0 Å². The van der Waals surface area contributed by atoms with E-state index in [1.54, 1.807) is 11.3 Å². The van der Waals surface area contributed by atoms with Gasteiger partial charge in [-0.1, -0.05) is 38.5 Å². The van der Waals surface area contributed by atoms with Gasteiger partial charge in [-0.15, -0.1) is 10.2 Å². The van der Waals surface area contributed by atoms with Gasteiger partial charge in [-0.05, 0) is 6.42 Å². The van der Waals surface area contributed by atoms with E-state index in [1.165, 1.54) is 0 Å². The molecule has 1 atom stereocenters. The maximum atomic E-state index is 6.03. The standard InChI is InChI=1S/C11H19N5S/c1-4-5-8(12)6-9-15-16-10(7(2)3)13-14-11(16)17-9/h7-8H,4-6,12H2,1-3H3. The molecular weight excluding hydrogens is 234 g/mol. The van der Waals surface area contributed by atoms with Crippen molar-refractivity contribution >= 4 is 16.3 Å². The highest BCUT2D eigenvalue weighted by Crippen LogP contribution is 2.19. The van der Waals surface area contributed by atoms with Gasteiger partial charge in [0.05, 0.1) is 0 Å². The molecule has 0 saturated carbocycles. The lowest BCUT2D eigenvalue weighted by atomic mass is 10.1. The summed E-state index contributed by atoms with van der Waals surface area (Å²) in [7, 11) is 0. The number of hydrogen-bond acceptors (Lipinski definition) is 5. The first-order chi connectivity index (χ1) is 8.11. The summed E-state index contributed by atoms with van der Waals surface area (Å²) in [6.07, 6.45) is 2.99. The first-order valence-electron chi connectivity index (χ1n) is 6.08. The molecule has 1 unspecified atom stereocenters. The molecule has 5 nitrogen and oxygen atoms in total. The van der Waals surface area contributed by atoms with Crippen LogP contribution in [0.2, 0.25) is 0 Å². The molecule has 0 radical (unpaired) electrons. The maximum absolute atomic E-state index is 6.03. The van der Waals surface area contributed by atoms with Crippen molar-refractivity contribution in [3.8, 4) is 0 Å². The lowest BCUT2D eigenvalue weighted by Crippen LogP contribution is -2.22. The van der Waals surface area contributed by atoms with Gasteiger partial charge in [0.25, 0.3) is 0 Å². The van der Waals surface area contributed by atoms with Crippen molar-refractivity contribution in [3.05, 3.63) is 10.8 Å². The first kappa shape index (κ1) is 12.4. The Kier molecular flexibility index (Phi) is 3.73. The molecule has 0 aliphatic rings. The smallest absolute Gasteiger partial charge is 0.234 e. The zero-order valence-corrected chi connectivity index (χ0v) is 11.4. The van der Waals surface area contributed by atoms with Crippen LogP contribution in [0.25, 0.3) is 4.96 Å². The fraction of sp³-hybridized carbons (Fsp3) is 0.727. The molecular formula is C11H19N5S. The fourth-order valence-electron chi connectivity index (χ4n) is 1.81. The Hall–Kier alpha value is -1.01. The highest BCUT2D eigenvalue weighted by molar-refractivity contribution is 7.16. The van der Waals surface area contributed by atoms with E-state index in [1.807, 2.05) is 4.52 Å². The number of nitrogens with zero attached hydrogens (tertiary/aromatic N) is 4. The van der Waals surface area contributed by atoms with Crippen LogP contribution in [0.5, 0.6) is 0 Å². The van der Waals surface area contributed by atoms with Crippen LogP contribution in [0.3, 0.4) is 0 Å². The minimum atomic E-state index is 0.200. The van der Waals surface area contributed by atoms with Gasteiger partial charge in [0, 0.05) is 18.4 Å². The van der Waals surface area contributed by atoms with E-state index >= 15 is 0 Å². The Labute approximate surface area is 105 Å². The minimum absolute atomic E-state index is 0.200. The largest absolute Gasteiger partial charge is 0.327 e. The lowest BCUT2D eigenvalue weighted by Gasteiger charge is -2.06. The van der Waals surface area contributed by atoms with Crippen LogP contribution in [0.1, 0.15) is 50.4 Å². The number of aromatic nitrogens is 4. The molecule has 0 saturated heterocycles. The third kappa shape index (κ3) is 2.63. The van der Waals surface area contributed by atoms with E-state index in [2.05, 4.69) is 36.1 Å². The predicted octanol–water partition coefficient (Wildman–Crippen LogP) is 1.98. The first-order valence-corrected chi connectivity index (χ1v) is 6.90. The molecule has 2 rings (SSSR count). The fourth-order valence-corrected chi connectivity index (χ4v) is 2.74. The van der Waals surface area contributed by atoms with Crippen LogP contribution < -0.4 is 5.73 Å². The molecule has 0 spiro atoms. The molecule has 94 valence electrons. The van der Waals surface area contributed by atoms with Crippen LogP contribution in [0, 0.1) is 0 Å². The van der Waals surface area contributed by atoms with Crippen LogP contribution in [-0.4, -0.2) is 25.9 Å². The van der Waals surface area contributed by atoms with E-state index < -0.39 is 0 Å². The van der Waals surface area contributed by atoms with Gasteiger partial charge >= 0.3 is 0 Å². The van der Waals surface area contributed by atoms with E-state index in [0.29, 0.717) is 5.92 Å². The maximum Gasteiger partial charge on any atom is 0.234 e. The normalized spacial score (nSPS) is 13.7. The second-order valence-corrected chi connectivity index (χ2v) is 5.70. The molecule has 0 aliphatic heterocycles. The molecule has 2 aromatic heterocycles. The average molecular weight is 253 g/mol. The van der Waals surface area contributed by atoms with Gasteiger partial charge in [-0.3, -0.25) is 0 Å². The van der Waals surface area contributed by atoms with E-state index in [-0.39, 0.29) is 6.04 Å². The Morgan fingerprint density at radius 2 is 2.12 bits per heavy atom. The average Bonchev–Trinajstić information content (AvgIpc) is 2.76. The summed E-state index contributed by atoms with van der Waals surface area (Å²) in [5.41, 5.74) is 6.03. The van der Waals surface area contributed by atoms with Gasteiger partial charge in [0.2, 0.25) is 4.96 Å². The SMILES string of the molecule is CCCC(N)Cc1nn2c(C(C)C)nnc2s1. The van der Waals surface area contributed by atoms with Gasteiger partial charge < -0.3 is 5.73 Å². The van der Waals surface area contributed by atoms with E-state index in [0.717, 1.165) is 35.1 Å². The van der Waals surface area contributed by atoms with Gasteiger partial charge in [-0.25, -0.2) is 0 Å². The summed E-state index contributed by atoms with van der Waals surface area (Å²) < 4.78 is 1.85. The van der Waals surface area contributed by atoms with Crippen LogP contribution >= 0.6 is 11.3 Å². The lowest BCUT2D eigenvalue weighted by molar-refractivity contribution is 0.592. The zero-order valence-electron chi connectivity index (χ0n) is 10.6. The predicted molar refractivity (Wildman–Crippen MR) is 69.3 cm³/mol. The Morgan fingerprint density at radius 3 is 2.76 bits per heavy atom. The van der Waals surface area contributed by atoms with Crippen LogP contribution in [-0.2, 0) is 6.42 Å². The molecule has 0 fully saturated rings. The van der Waals surface area contributed by atoms with Crippen molar-refractivity contribution in [2.75, 3.05) is 0 Å². The molecule has 6 heteroatoms.